The monoisotopic (exact) mass is 420 g/mol. The molecule has 3 aromatic rings. The van der Waals surface area contributed by atoms with Gasteiger partial charge in [-0.1, -0.05) is 0 Å². The molecule has 0 bridgehead atoms. The Bertz CT molecular complexity index is 1170. The summed E-state index contributed by atoms with van der Waals surface area (Å²) in [6.07, 6.45) is 2.08. The van der Waals surface area contributed by atoms with Gasteiger partial charge in [-0.25, -0.2) is 4.98 Å². The quantitative estimate of drug-likeness (QED) is 0.596. The smallest absolute Gasteiger partial charge is 0.231 e. The predicted molar refractivity (Wildman–Crippen MR) is 116 cm³/mol. The van der Waals surface area contributed by atoms with Gasteiger partial charge in [-0.3, -0.25) is 4.79 Å². The molecule has 1 aromatic heterocycles. The average molecular weight is 420 g/mol. The van der Waals surface area contributed by atoms with E-state index in [-0.39, 0.29) is 12.7 Å². The number of fused-ring (bicyclic) bond motifs is 2. The molecule has 0 saturated heterocycles. The van der Waals surface area contributed by atoms with E-state index >= 15 is 0 Å². The number of rotatable bonds is 6. The van der Waals surface area contributed by atoms with Gasteiger partial charge in [0.05, 0.1) is 25.4 Å². The number of carbonyl (C=O) groups is 1. The number of hydrogen-bond donors (Lipinski definition) is 0. The Balaban J connectivity index is 1.71. The lowest BCUT2D eigenvalue weighted by molar-refractivity contribution is -0.130. The van der Waals surface area contributed by atoms with Gasteiger partial charge in [-0.15, -0.1) is 0 Å². The van der Waals surface area contributed by atoms with Crippen molar-refractivity contribution in [1.29, 1.82) is 0 Å². The van der Waals surface area contributed by atoms with Crippen LogP contribution in [0, 0.1) is 0 Å². The van der Waals surface area contributed by atoms with Crippen molar-refractivity contribution in [3.8, 4) is 34.3 Å². The van der Waals surface area contributed by atoms with Crippen LogP contribution in [0.25, 0.3) is 22.2 Å². The van der Waals surface area contributed by atoms with E-state index in [1.807, 2.05) is 35.2 Å². The molecule has 1 aliphatic carbocycles. The Kier molecular flexibility index (Phi) is 4.81. The lowest BCUT2D eigenvalue weighted by atomic mass is 10.0. The summed E-state index contributed by atoms with van der Waals surface area (Å²) in [5.41, 5.74) is 3.30. The molecule has 7 heteroatoms. The van der Waals surface area contributed by atoms with Crippen molar-refractivity contribution in [3.05, 3.63) is 42.0 Å². The fourth-order valence-corrected chi connectivity index (χ4v) is 4.03. The molecule has 0 unspecified atom stereocenters. The van der Waals surface area contributed by atoms with Crippen LogP contribution in [0.5, 0.6) is 23.0 Å². The Labute approximate surface area is 180 Å². The maximum atomic E-state index is 12.3. The van der Waals surface area contributed by atoms with Crippen molar-refractivity contribution in [2.45, 2.75) is 32.4 Å². The molecule has 0 spiro atoms. The second-order valence-corrected chi connectivity index (χ2v) is 7.84. The zero-order valence-corrected chi connectivity index (χ0v) is 17.8. The first-order chi connectivity index (χ1) is 15.1. The number of nitrogens with zero attached hydrogens (tertiary/aromatic N) is 2. The molecule has 2 heterocycles. The van der Waals surface area contributed by atoms with E-state index in [4.69, 9.17) is 23.9 Å². The number of methoxy groups -OCH3 is 2. The SMILES string of the molecule is COc1ccc(OC)c(-c2nc3cc4c(cc3cc2CN(C(C)=O)C2CC2)OCO4)c1. The number of pyridine rings is 1. The van der Waals surface area contributed by atoms with E-state index in [1.165, 1.54) is 0 Å². The largest absolute Gasteiger partial charge is 0.497 e. The number of aromatic nitrogens is 1. The summed E-state index contributed by atoms with van der Waals surface area (Å²) < 4.78 is 22.2. The maximum absolute atomic E-state index is 12.3. The average Bonchev–Trinajstić information content (AvgIpc) is 3.52. The third-order valence-corrected chi connectivity index (χ3v) is 5.78. The summed E-state index contributed by atoms with van der Waals surface area (Å²) in [6.45, 7) is 2.30. The third kappa shape index (κ3) is 3.60. The molecular formula is C24H24N2O5. The summed E-state index contributed by atoms with van der Waals surface area (Å²) >= 11 is 0. The summed E-state index contributed by atoms with van der Waals surface area (Å²) in [6, 6.07) is 11.8. The molecule has 2 aliphatic rings. The summed E-state index contributed by atoms with van der Waals surface area (Å²) in [7, 11) is 3.27. The van der Waals surface area contributed by atoms with Crippen LogP contribution in [0.2, 0.25) is 0 Å². The normalized spacial score (nSPS) is 14.5. The molecule has 1 aliphatic heterocycles. The fraction of sp³-hybridized carbons (Fsp3) is 0.333. The first kappa shape index (κ1) is 19.5. The van der Waals surface area contributed by atoms with Gasteiger partial charge in [0.2, 0.25) is 12.7 Å². The zero-order chi connectivity index (χ0) is 21.5. The standard InChI is InChI=1S/C24H24N2O5/c1-14(27)26(17-4-5-17)12-16-8-15-9-22-23(31-13-30-22)11-20(15)25-24(16)19-10-18(28-2)6-7-21(19)29-3/h6-11,17H,4-5,12-13H2,1-3H3. The highest BCUT2D eigenvalue weighted by molar-refractivity contribution is 5.88. The van der Waals surface area contributed by atoms with Gasteiger partial charge >= 0.3 is 0 Å². The second-order valence-electron chi connectivity index (χ2n) is 7.84. The molecule has 5 rings (SSSR count). The summed E-state index contributed by atoms with van der Waals surface area (Å²) in [4.78, 5) is 19.3. The Morgan fingerprint density at radius 3 is 2.55 bits per heavy atom. The molecule has 160 valence electrons. The number of carbonyl (C=O) groups excluding carboxylic acids is 1. The van der Waals surface area contributed by atoms with Gasteiger partial charge in [0.1, 0.15) is 11.5 Å². The lowest BCUT2D eigenvalue weighted by Gasteiger charge is -2.23. The molecule has 7 nitrogen and oxygen atoms in total. The van der Waals surface area contributed by atoms with Crippen molar-refractivity contribution < 1.29 is 23.7 Å². The van der Waals surface area contributed by atoms with E-state index in [1.54, 1.807) is 21.1 Å². The lowest BCUT2D eigenvalue weighted by Crippen LogP contribution is -2.30. The number of amides is 1. The van der Waals surface area contributed by atoms with Crippen molar-refractivity contribution in [3.63, 3.8) is 0 Å². The van der Waals surface area contributed by atoms with Gasteiger partial charge in [0, 0.05) is 36.5 Å². The Morgan fingerprint density at radius 1 is 1.10 bits per heavy atom. The topological polar surface area (TPSA) is 70.1 Å². The van der Waals surface area contributed by atoms with E-state index in [0.29, 0.717) is 35.6 Å². The molecule has 1 saturated carbocycles. The van der Waals surface area contributed by atoms with Crippen LogP contribution in [0.1, 0.15) is 25.3 Å². The Morgan fingerprint density at radius 2 is 1.87 bits per heavy atom. The van der Waals surface area contributed by atoms with Crippen LogP contribution in [-0.4, -0.2) is 42.8 Å². The van der Waals surface area contributed by atoms with E-state index < -0.39 is 0 Å². The molecule has 1 fully saturated rings. The summed E-state index contributed by atoms with van der Waals surface area (Å²) in [5, 5.41) is 0.934. The third-order valence-electron chi connectivity index (χ3n) is 5.78. The van der Waals surface area contributed by atoms with Crippen molar-refractivity contribution in [1.82, 2.24) is 9.88 Å². The zero-order valence-electron chi connectivity index (χ0n) is 17.8. The van der Waals surface area contributed by atoms with Gasteiger partial charge in [0.25, 0.3) is 0 Å². The van der Waals surface area contributed by atoms with Crippen LogP contribution in [0.4, 0.5) is 0 Å². The summed E-state index contributed by atoms with van der Waals surface area (Å²) in [5.74, 6) is 2.85. The highest BCUT2D eigenvalue weighted by Gasteiger charge is 2.32. The molecule has 31 heavy (non-hydrogen) atoms. The predicted octanol–water partition coefficient (Wildman–Crippen LogP) is 4.16. The van der Waals surface area contributed by atoms with E-state index in [2.05, 4.69) is 6.07 Å². The van der Waals surface area contributed by atoms with Crippen LogP contribution < -0.4 is 18.9 Å². The van der Waals surface area contributed by atoms with Crippen molar-refractivity contribution in [2.24, 2.45) is 0 Å². The van der Waals surface area contributed by atoms with Crippen molar-refractivity contribution in [2.75, 3.05) is 21.0 Å². The first-order valence-electron chi connectivity index (χ1n) is 10.3. The Hall–Kier alpha value is -3.48. The highest BCUT2D eigenvalue weighted by Crippen LogP contribution is 2.40. The number of hydrogen-bond acceptors (Lipinski definition) is 6. The molecule has 0 radical (unpaired) electrons. The van der Waals surface area contributed by atoms with Crippen LogP contribution in [-0.2, 0) is 11.3 Å². The number of benzene rings is 2. The molecule has 0 N–H and O–H groups in total. The maximum Gasteiger partial charge on any atom is 0.231 e. The molecule has 1 amide bonds. The van der Waals surface area contributed by atoms with E-state index in [0.717, 1.165) is 40.6 Å². The van der Waals surface area contributed by atoms with Gasteiger partial charge < -0.3 is 23.8 Å². The number of ether oxygens (including phenoxy) is 4. The molecule has 2 aromatic carbocycles. The minimum absolute atomic E-state index is 0.0665. The van der Waals surface area contributed by atoms with Crippen LogP contribution in [0.15, 0.2) is 36.4 Å². The first-order valence-corrected chi connectivity index (χ1v) is 10.3. The molecule has 0 atom stereocenters. The minimum atomic E-state index is 0.0665. The fourth-order valence-electron chi connectivity index (χ4n) is 4.03. The van der Waals surface area contributed by atoms with Gasteiger partial charge in [-0.2, -0.15) is 0 Å². The van der Waals surface area contributed by atoms with E-state index in [9.17, 15) is 4.79 Å². The van der Waals surface area contributed by atoms with Crippen LogP contribution >= 0.6 is 0 Å². The van der Waals surface area contributed by atoms with Gasteiger partial charge in [-0.05, 0) is 48.7 Å². The minimum Gasteiger partial charge on any atom is -0.497 e. The van der Waals surface area contributed by atoms with Gasteiger partial charge in [0.15, 0.2) is 11.5 Å². The second kappa shape index (κ2) is 7.65. The van der Waals surface area contributed by atoms with Crippen molar-refractivity contribution >= 4 is 16.8 Å². The highest BCUT2D eigenvalue weighted by atomic mass is 16.7. The van der Waals surface area contributed by atoms with Crippen LogP contribution in [0.3, 0.4) is 0 Å². The molecular weight excluding hydrogens is 396 g/mol.